The lowest BCUT2D eigenvalue weighted by atomic mass is 10.2. The molecule has 0 aliphatic rings. The average Bonchev–Trinajstić information content (AvgIpc) is 2.46. The van der Waals surface area contributed by atoms with Crippen LogP contribution in [0.3, 0.4) is 0 Å². The van der Waals surface area contributed by atoms with Crippen LogP contribution in [0, 0.1) is 7.05 Å². The normalized spacial score (nSPS) is 12.8. The topological polar surface area (TPSA) is 67.2 Å². The maximum Gasteiger partial charge on any atom is 0.321 e. The fourth-order valence-electron chi connectivity index (χ4n) is 1.04. The largest absolute Gasteiger partial charge is 0.480 e. The molecular weight excluding hydrogens is 170 g/mol. The number of aromatic nitrogens is 2. The molecule has 0 unspecified atom stereocenters. The van der Waals surface area contributed by atoms with E-state index in [9.17, 15) is 4.79 Å². The summed E-state index contributed by atoms with van der Waals surface area (Å²) in [5.74, 6) is -0.906. The molecule has 13 heavy (non-hydrogen) atoms. The SMILES string of the molecule is [CH2]N[C@@H](Cc1cncn1C)C(=O)O. The highest BCUT2D eigenvalue weighted by Gasteiger charge is 2.16. The average molecular weight is 182 g/mol. The van der Waals surface area contributed by atoms with Gasteiger partial charge in [0, 0.05) is 32.4 Å². The first-order chi connectivity index (χ1) is 6.15. The van der Waals surface area contributed by atoms with Crippen LogP contribution in [0.5, 0.6) is 0 Å². The second kappa shape index (κ2) is 4.04. The van der Waals surface area contributed by atoms with Crippen LogP contribution in [-0.2, 0) is 18.3 Å². The first kappa shape index (κ1) is 9.73. The molecule has 0 aliphatic carbocycles. The Labute approximate surface area is 76.4 Å². The zero-order valence-corrected chi connectivity index (χ0v) is 7.40. The molecule has 1 aromatic rings. The number of aliphatic carboxylic acids is 1. The first-order valence-corrected chi connectivity index (χ1v) is 3.85. The van der Waals surface area contributed by atoms with E-state index < -0.39 is 12.0 Å². The molecule has 2 N–H and O–H groups in total. The van der Waals surface area contributed by atoms with Crippen molar-refractivity contribution in [2.24, 2.45) is 7.05 Å². The van der Waals surface area contributed by atoms with E-state index in [1.165, 1.54) is 0 Å². The third-order valence-electron chi connectivity index (χ3n) is 1.87. The standard InChI is InChI=1S/C8H12N3O2/c1-9-7(8(12)13)3-6-4-10-5-11(6)2/h4-5,7,9H,1,3H2,2H3,(H,12,13)/t7-/m0/s1. The zero-order chi connectivity index (χ0) is 9.84. The summed E-state index contributed by atoms with van der Waals surface area (Å²) in [5.41, 5.74) is 0.864. The molecule has 1 heterocycles. The third-order valence-corrected chi connectivity index (χ3v) is 1.87. The number of nitrogens with zero attached hydrogens (tertiary/aromatic N) is 2. The van der Waals surface area contributed by atoms with E-state index in [1.54, 1.807) is 17.1 Å². The number of carboxylic acids is 1. The van der Waals surface area contributed by atoms with Crippen molar-refractivity contribution in [2.45, 2.75) is 12.5 Å². The summed E-state index contributed by atoms with van der Waals surface area (Å²) in [4.78, 5) is 14.5. The fraction of sp³-hybridized carbons (Fsp3) is 0.375. The Bertz CT molecular complexity index is 295. The number of carboxylic acid groups (broad SMARTS) is 1. The molecule has 0 bridgehead atoms. The van der Waals surface area contributed by atoms with E-state index in [2.05, 4.69) is 17.3 Å². The van der Waals surface area contributed by atoms with Crippen LogP contribution < -0.4 is 5.32 Å². The van der Waals surface area contributed by atoms with Gasteiger partial charge in [-0.3, -0.25) is 4.79 Å². The van der Waals surface area contributed by atoms with Gasteiger partial charge >= 0.3 is 5.97 Å². The lowest BCUT2D eigenvalue weighted by Gasteiger charge is -2.10. The molecule has 1 atom stereocenters. The molecule has 0 aromatic carbocycles. The lowest BCUT2D eigenvalue weighted by molar-refractivity contribution is -0.139. The van der Waals surface area contributed by atoms with Gasteiger partial charge in [0.25, 0.3) is 0 Å². The van der Waals surface area contributed by atoms with E-state index in [4.69, 9.17) is 5.11 Å². The highest BCUT2D eigenvalue weighted by Crippen LogP contribution is 2.01. The van der Waals surface area contributed by atoms with Gasteiger partial charge in [-0.15, -0.1) is 0 Å². The molecule has 0 saturated heterocycles. The second-order valence-electron chi connectivity index (χ2n) is 2.79. The van der Waals surface area contributed by atoms with Crippen molar-refractivity contribution in [2.75, 3.05) is 0 Å². The molecule has 0 saturated carbocycles. The van der Waals surface area contributed by atoms with Crippen LogP contribution in [0.1, 0.15) is 5.69 Å². The minimum Gasteiger partial charge on any atom is -0.480 e. The fourth-order valence-corrected chi connectivity index (χ4v) is 1.04. The minimum atomic E-state index is -0.906. The molecule has 0 fully saturated rings. The maximum absolute atomic E-state index is 10.6. The van der Waals surface area contributed by atoms with Crippen molar-refractivity contribution in [3.05, 3.63) is 25.3 Å². The number of aryl methyl sites for hydroxylation is 1. The number of imidazole rings is 1. The Morgan fingerprint density at radius 3 is 3.00 bits per heavy atom. The summed E-state index contributed by atoms with van der Waals surface area (Å²) in [6.07, 6.45) is 3.67. The van der Waals surface area contributed by atoms with Gasteiger partial charge in [0.2, 0.25) is 0 Å². The molecule has 1 aromatic heterocycles. The summed E-state index contributed by atoms with van der Waals surface area (Å²) in [5, 5.41) is 11.2. The monoisotopic (exact) mass is 182 g/mol. The predicted octanol–water partition coefficient (Wildman–Crippen LogP) is -0.203. The number of hydrogen-bond acceptors (Lipinski definition) is 3. The first-order valence-electron chi connectivity index (χ1n) is 3.85. The van der Waals surface area contributed by atoms with Gasteiger partial charge < -0.3 is 15.0 Å². The van der Waals surface area contributed by atoms with Crippen LogP contribution in [0.15, 0.2) is 12.5 Å². The van der Waals surface area contributed by atoms with Crippen molar-refractivity contribution in [3.63, 3.8) is 0 Å². The van der Waals surface area contributed by atoms with Crippen LogP contribution in [0.2, 0.25) is 0 Å². The van der Waals surface area contributed by atoms with E-state index in [0.717, 1.165) is 5.69 Å². The highest BCUT2D eigenvalue weighted by molar-refractivity contribution is 5.73. The van der Waals surface area contributed by atoms with Crippen molar-refractivity contribution in [3.8, 4) is 0 Å². The summed E-state index contributed by atoms with van der Waals surface area (Å²) in [6.45, 7) is 0. The quantitative estimate of drug-likeness (QED) is 0.676. The van der Waals surface area contributed by atoms with E-state index in [1.807, 2.05) is 7.05 Å². The molecule has 71 valence electrons. The Kier molecular flexibility index (Phi) is 3.02. The summed E-state index contributed by atoms with van der Waals surface area (Å²) >= 11 is 0. The van der Waals surface area contributed by atoms with Gasteiger partial charge in [0.05, 0.1) is 6.33 Å². The van der Waals surface area contributed by atoms with Crippen LogP contribution in [0.4, 0.5) is 0 Å². The molecule has 5 heteroatoms. The Balaban J connectivity index is 2.67. The number of carbonyl (C=O) groups is 1. The molecule has 0 aliphatic heterocycles. The number of nitrogens with one attached hydrogen (secondary N) is 1. The smallest absolute Gasteiger partial charge is 0.321 e. The molecule has 5 nitrogen and oxygen atoms in total. The molecular formula is C8H12N3O2. The van der Waals surface area contributed by atoms with Gasteiger partial charge in [0.1, 0.15) is 6.04 Å². The van der Waals surface area contributed by atoms with Gasteiger partial charge in [-0.2, -0.15) is 0 Å². The summed E-state index contributed by atoms with van der Waals surface area (Å²) in [6, 6.07) is -0.657. The third kappa shape index (κ3) is 2.29. The van der Waals surface area contributed by atoms with Crippen molar-refractivity contribution in [1.82, 2.24) is 14.9 Å². The summed E-state index contributed by atoms with van der Waals surface area (Å²) in [7, 11) is 5.18. The Hall–Kier alpha value is -1.36. The van der Waals surface area contributed by atoms with Crippen molar-refractivity contribution >= 4 is 5.97 Å². The van der Waals surface area contributed by atoms with Crippen molar-refractivity contribution in [1.29, 1.82) is 0 Å². The number of hydrogen-bond donors (Lipinski definition) is 2. The highest BCUT2D eigenvalue weighted by atomic mass is 16.4. The molecule has 0 spiro atoms. The number of rotatable bonds is 4. The van der Waals surface area contributed by atoms with E-state index >= 15 is 0 Å². The van der Waals surface area contributed by atoms with Crippen LogP contribution >= 0.6 is 0 Å². The van der Waals surface area contributed by atoms with E-state index in [-0.39, 0.29) is 0 Å². The van der Waals surface area contributed by atoms with Gasteiger partial charge in [-0.1, -0.05) is 0 Å². The maximum atomic E-state index is 10.6. The minimum absolute atomic E-state index is 0.384. The van der Waals surface area contributed by atoms with Gasteiger partial charge in [0.15, 0.2) is 0 Å². The molecule has 1 rings (SSSR count). The van der Waals surface area contributed by atoms with Crippen LogP contribution in [0.25, 0.3) is 0 Å². The van der Waals surface area contributed by atoms with Gasteiger partial charge in [-0.05, 0) is 0 Å². The zero-order valence-electron chi connectivity index (χ0n) is 7.40. The lowest BCUT2D eigenvalue weighted by Crippen LogP contribution is -2.35. The second-order valence-corrected chi connectivity index (χ2v) is 2.79. The van der Waals surface area contributed by atoms with Crippen molar-refractivity contribution < 1.29 is 9.90 Å². The Morgan fingerprint density at radius 2 is 2.62 bits per heavy atom. The summed E-state index contributed by atoms with van der Waals surface area (Å²) < 4.78 is 1.78. The molecule has 0 amide bonds. The Morgan fingerprint density at radius 1 is 1.92 bits per heavy atom. The van der Waals surface area contributed by atoms with Gasteiger partial charge in [-0.25, -0.2) is 4.98 Å². The molecule has 1 radical (unpaired) electrons. The van der Waals surface area contributed by atoms with E-state index in [0.29, 0.717) is 6.42 Å². The predicted molar refractivity (Wildman–Crippen MR) is 46.8 cm³/mol. The van der Waals surface area contributed by atoms with Crippen LogP contribution in [-0.4, -0.2) is 26.7 Å².